The van der Waals surface area contributed by atoms with Crippen LogP contribution in [0.5, 0.6) is 0 Å². The van der Waals surface area contributed by atoms with Crippen LogP contribution in [0.15, 0.2) is 18.3 Å². The van der Waals surface area contributed by atoms with Gasteiger partial charge in [-0.2, -0.15) is 0 Å². The number of hydrogen-bond acceptors (Lipinski definition) is 4. The Kier molecular flexibility index (Phi) is 5.10. The highest BCUT2D eigenvalue weighted by Gasteiger charge is 2.45. The van der Waals surface area contributed by atoms with Crippen LogP contribution in [0.3, 0.4) is 0 Å². The van der Waals surface area contributed by atoms with Gasteiger partial charge in [-0.1, -0.05) is 0 Å². The lowest BCUT2D eigenvalue weighted by molar-refractivity contribution is -0.106. The summed E-state index contributed by atoms with van der Waals surface area (Å²) in [6.45, 7) is 5.46. The molecule has 6 heteroatoms. The molecule has 3 heterocycles. The third-order valence-electron chi connectivity index (χ3n) is 5.90. The molecule has 6 nitrogen and oxygen atoms in total. The second-order valence-corrected chi connectivity index (χ2v) is 7.44. The zero-order valence-corrected chi connectivity index (χ0v) is 15.1. The molecule has 0 radical (unpaired) electrons. The van der Waals surface area contributed by atoms with Gasteiger partial charge in [-0.3, -0.25) is 4.79 Å². The lowest BCUT2D eigenvalue weighted by Crippen LogP contribution is -2.54. The van der Waals surface area contributed by atoms with Crippen molar-refractivity contribution in [3.8, 4) is 0 Å². The van der Waals surface area contributed by atoms with E-state index in [1.54, 1.807) is 0 Å². The Bertz CT molecular complexity index is 596. The molecular formula is C19H29N3O3. The molecule has 1 aliphatic carbocycles. The molecule has 4 rings (SSSR count). The first-order valence-corrected chi connectivity index (χ1v) is 9.62. The number of hydrogen-bond donors (Lipinski definition) is 0. The average molecular weight is 347 g/mol. The number of amides is 1. The predicted molar refractivity (Wildman–Crippen MR) is 94.6 cm³/mol. The van der Waals surface area contributed by atoms with E-state index in [1.165, 1.54) is 25.9 Å². The first-order chi connectivity index (χ1) is 12.2. The van der Waals surface area contributed by atoms with Crippen molar-refractivity contribution in [1.29, 1.82) is 0 Å². The number of carbonyl (C=O) groups excluding carboxylic acids is 1. The van der Waals surface area contributed by atoms with E-state index in [0.29, 0.717) is 13.2 Å². The number of fused-ring (bicyclic) bond motifs is 1. The van der Waals surface area contributed by atoms with E-state index in [9.17, 15) is 4.79 Å². The van der Waals surface area contributed by atoms with E-state index in [2.05, 4.69) is 4.90 Å². The molecule has 3 atom stereocenters. The lowest BCUT2D eigenvalue weighted by atomic mass is 10.1. The molecular weight excluding hydrogens is 318 g/mol. The maximum atomic E-state index is 12.9. The monoisotopic (exact) mass is 347 g/mol. The van der Waals surface area contributed by atoms with Gasteiger partial charge in [0.2, 0.25) is 0 Å². The fourth-order valence-corrected chi connectivity index (χ4v) is 4.52. The van der Waals surface area contributed by atoms with Gasteiger partial charge in [0.15, 0.2) is 0 Å². The molecule has 0 spiro atoms. The summed E-state index contributed by atoms with van der Waals surface area (Å²) < 4.78 is 14.1. The van der Waals surface area contributed by atoms with E-state index in [0.717, 1.165) is 31.7 Å². The summed E-state index contributed by atoms with van der Waals surface area (Å²) in [5.74, 6) is 0.114. The molecule has 0 aromatic carbocycles. The molecule has 1 aromatic rings. The number of rotatable bonds is 5. The number of aromatic nitrogens is 1. The van der Waals surface area contributed by atoms with Crippen LogP contribution in [-0.4, -0.2) is 77.9 Å². The van der Waals surface area contributed by atoms with E-state index in [1.807, 2.05) is 34.8 Å². The molecule has 25 heavy (non-hydrogen) atoms. The third kappa shape index (κ3) is 3.48. The van der Waals surface area contributed by atoms with Crippen molar-refractivity contribution in [2.24, 2.45) is 7.05 Å². The van der Waals surface area contributed by atoms with Gasteiger partial charge in [-0.15, -0.1) is 0 Å². The van der Waals surface area contributed by atoms with Crippen LogP contribution in [-0.2, 0) is 16.5 Å². The minimum Gasteiger partial charge on any atom is -0.374 e. The molecule has 0 bridgehead atoms. The summed E-state index contributed by atoms with van der Waals surface area (Å²) in [7, 11) is 1.92. The standard InChI is InChI=1S/C19H29N3O3/c1-20-8-4-5-16(20)19(23)22-12-14-25-18-15(22)6-7-17(18)24-13-11-21-9-2-3-10-21/h4-5,8,15,17-18H,2-3,6-7,9-14H2,1H3/t15-,17+,18+/m0/s1. The van der Waals surface area contributed by atoms with Gasteiger partial charge in [-0.05, 0) is 50.9 Å². The van der Waals surface area contributed by atoms with Crippen molar-refractivity contribution in [3.05, 3.63) is 24.0 Å². The van der Waals surface area contributed by atoms with Gasteiger partial charge in [0.1, 0.15) is 11.8 Å². The minimum atomic E-state index is 0.0246. The van der Waals surface area contributed by atoms with Crippen molar-refractivity contribution in [3.63, 3.8) is 0 Å². The first-order valence-electron chi connectivity index (χ1n) is 9.62. The molecule has 138 valence electrons. The summed E-state index contributed by atoms with van der Waals surface area (Å²) in [4.78, 5) is 17.4. The maximum Gasteiger partial charge on any atom is 0.270 e. The molecule has 3 aliphatic rings. The number of nitrogens with zero attached hydrogens (tertiary/aromatic N) is 3. The lowest BCUT2D eigenvalue weighted by Gasteiger charge is -2.39. The second-order valence-electron chi connectivity index (χ2n) is 7.44. The van der Waals surface area contributed by atoms with E-state index in [4.69, 9.17) is 9.47 Å². The van der Waals surface area contributed by atoms with E-state index >= 15 is 0 Å². The van der Waals surface area contributed by atoms with Crippen LogP contribution >= 0.6 is 0 Å². The molecule has 1 aromatic heterocycles. The molecule has 0 unspecified atom stereocenters. The van der Waals surface area contributed by atoms with Crippen LogP contribution in [0.2, 0.25) is 0 Å². The number of ether oxygens (including phenoxy) is 2. The second kappa shape index (κ2) is 7.48. The van der Waals surface area contributed by atoms with Gasteiger partial charge in [0, 0.05) is 26.3 Å². The van der Waals surface area contributed by atoms with Crippen molar-refractivity contribution < 1.29 is 14.3 Å². The number of likely N-dealkylation sites (tertiary alicyclic amines) is 1. The van der Waals surface area contributed by atoms with Crippen LogP contribution in [0.1, 0.15) is 36.2 Å². The summed E-state index contributed by atoms with van der Waals surface area (Å²) in [5.41, 5.74) is 0.749. The summed E-state index contributed by atoms with van der Waals surface area (Å²) in [6, 6.07) is 3.96. The first kappa shape index (κ1) is 17.1. The highest BCUT2D eigenvalue weighted by Crippen LogP contribution is 2.33. The number of morpholine rings is 1. The van der Waals surface area contributed by atoms with Crippen LogP contribution in [0.4, 0.5) is 0 Å². The Labute approximate surface area is 149 Å². The highest BCUT2D eigenvalue weighted by molar-refractivity contribution is 5.93. The Balaban J connectivity index is 1.35. The Morgan fingerprint density at radius 2 is 2.12 bits per heavy atom. The normalized spacial score (nSPS) is 30.0. The van der Waals surface area contributed by atoms with Crippen molar-refractivity contribution in [2.45, 2.75) is 43.9 Å². The fourth-order valence-electron chi connectivity index (χ4n) is 4.52. The van der Waals surface area contributed by atoms with Gasteiger partial charge < -0.3 is 23.8 Å². The Hall–Kier alpha value is -1.37. The quantitative estimate of drug-likeness (QED) is 0.810. The smallest absolute Gasteiger partial charge is 0.270 e. The van der Waals surface area contributed by atoms with Gasteiger partial charge in [0.25, 0.3) is 5.91 Å². The van der Waals surface area contributed by atoms with Crippen LogP contribution < -0.4 is 0 Å². The van der Waals surface area contributed by atoms with E-state index in [-0.39, 0.29) is 24.2 Å². The summed E-state index contributed by atoms with van der Waals surface area (Å²) in [6.07, 6.45) is 6.64. The number of carbonyl (C=O) groups is 1. The van der Waals surface area contributed by atoms with Crippen LogP contribution in [0.25, 0.3) is 0 Å². The molecule has 2 aliphatic heterocycles. The molecule has 2 saturated heterocycles. The van der Waals surface area contributed by atoms with E-state index < -0.39 is 0 Å². The molecule has 0 N–H and O–H groups in total. The maximum absolute atomic E-state index is 12.9. The zero-order chi connectivity index (χ0) is 17.2. The highest BCUT2D eigenvalue weighted by atomic mass is 16.5. The Morgan fingerprint density at radius 1 is 1.28 bits per heavy atom. The molecule has 1 saturated carbocycles. The SMILES string of the molecule is Cn1cccc1C(=O)N1CCO[C@H]2[C@H](OCCN3CCCC3)CC[C@@H]21. The third-order valence-corrected chi connectivity index (χ3v) is 5.90. The average Bonchev–Trinajstić information content (AvgIpc) is 3.35. The Morgan fingerprint density at radius 3 is 2.88 bits per heavy atom. The van der Waals surface area contributed by atoms with Crippen LogP contribution in [0, 0.1) is 0 Å². The largest absolute Gasteiger partial charge is 0.374 e. The number of aryl methyl sites for hydroxylation is 1. The topological polar surface area (TPSA) is 46.9 Å². The van der Waals surface area contributed by atoms with Crippen molar-refractivity contribution in [1.82, 2.24) is 14.4 Å². The van der Waals surface area contributed by atoms with Gasteiger partial charge in [0.05, 0.1) is 25.4 Å². The van der Waals surface area contributed by atoms with Crippen molar-refractivity contribution >= 4 is 5.91 Å². The molecule has 3 fully saturated rings. The molecule has 1 amide bonds. The summed E-state index contributed by atoms with van der Waals surface area (Å²) >= 11 is 0. The van der Waals surface area contributed by atoms with Gasteiger partial charge in [-0.25, -0.2) is 0 Å². The fraction of sp³-hybridized carbons (Fsp3) is 0.737. The van der Waals surface area contributed by atoms with Gasteiger partial charge >= 0.3 is 0 Å². The summed E-state index contributed by atoms with van der Waals surface area (Å²) in [5, 5.41) is 0. The minimum absolute atomic E-state index is 0.0246. The predicted octanol–water partition coefficient (Wildman–Crippen LogP) is 1.51. The zero-order valence-electron chi connectivity index (χ0n) is 15.1. The van der Waals surface area contributed by atoms with Crippen molar-refractivity contribution in [2.75, 3.05) is 39.4 Å².